The highest BCUT2D eigenvalue weighted by atomic mass is 79.9. The summed E-state index contributed by atoms with van der Waals surface area (Å²) in [6.45, 7) is 34.2. The van der Waals surface area contributed by atoms with Gasteiger partial charge in [0.2, 0.25) is 0 Å². The molecule has 3 aromatic carbocycles. The van der Waals surface area contributed by atoms with E-state index in [-0.39, 0.29) is 82.8 Å². The lowest BCUT2D eigenvalue weighted by atomic mass is 9.84. The number of aliphatic imine (C=N–C) groups is 3. The molecule has 0 radical (unpaired) electrons. The van der Waals surface area contributed by atoms with E-state index in [1.54, 1.807) is 88.7 Å². The molecule has 0 bridgehead atoms. The van der Waals surface area contributed by atoms with Gasteiger partial charge in [-0.05, 0) is 154 Å². The quantitative estimate of drug-likeness (QED) is 0.0132. The highest BCUT2D eigenvalue weighted by molar-refractivity contribution is 9.10. The van der Waals surface area contributed by atoms with Crippen LogP contribution < -0.4 is 0 Å². The number of methoxy groups -OCH3 is 3. The number of carbonyl (C=O) groups is 5. The predicted octanol–water partition coefficient (Wildman–Crippen LogP) is 19.0. The monoisotopic (exact) mass is 1780 g/mol. The molecule has 3 fully saturated rings. The van der Waals surface area contributed by atoms with Crippen molar-refractivity contribution in [3.8, 4) is 0 Å². The molecule has 9 rings (SSSR count). The highest BCUT2D eigenvalue weighted by Gasteiger charge is 2.75. The molecule has 3 aliphatic carbocycles. The Labute approximate surface area is 677 Å². The Morgan fingerprint density at radius 3 is 1.12 bits per heavy atom. The lowest BCUT2D eigenvalue weighted by Gasteiger charge is -2.38. The number of halogens is 8. The molecule has 0 unspecified atom stereocenters. The number of carbonyl (C=O) groups excluding carboxylic acids is 5. The summed E-state index contributed by atoms with van der Waals surface area (Å²) in [5, 5.41) is 0.458. The normalized spacial score (nSPS) is 25.4. The number of ether oxygens (including phenoxy) is 9. The van der Waals surface area contributed by atoms with Crippen LogP contribution in [0.15, 0.2) is 78.5 Å². The van der Waals surface area contributed by atoms with Crippen LogP contribution in [0.4, 0.5) is 40.7 Å². The number of fused-ring (bicyclic) bond motifs is 3. The third kappa shape index (κ3) is 23.1. The van der Waals surface area contributed by atoms with Crippen molar-refractivity contribution in [1.82, 2.24) is 14.7 Å². The lowest BCUT2D eigenvalue weighted by Crippen LogP contribution is -2.48. The first-order valence-corrected chi connectivity index (χ1v) is 51.6. The van der Waals surface area contributed by atoms with E-state index in [1.807, 2.05) is 0 Å². The number of esters is 1. The van der Waals surface area contributed by atoms with Crippen LogP contribution in [0, 0.1) is 35.2 Å². The molecule has 3 aromatic rings. The Morgan fingerprint density at radius 2 is 0.818 bits per heavy atom. The van der Waals surface area contributed by atoms with Gasteiger partial charge in [0.25, 0.3) is 0 Å². The molecular formula is C76H110Br2F6N6O14S3Si3. The smallest absolute Gasteiger partial charge is 0.418 e. The molecule has 0 saturated heterocycles. The fraction of sp³-hybridized carbons (Fsp3) is 0.658. The molecule has 0 N–H and O–H groups in total. The molecule has 20 nitrogen and oxygen atoms in total. The average Bonchev–Trinajstić information content (AvgIpc) is 1.53. The van der Waals surface area contributed by atoms with Crippen LogP contribution in [0.1, 0.15) is 109 Å². The van der Waals surface area contributed by atoms with Gasteiger partial charge in [-0.25, -0.2) is 70.4 Å². The molecule has 3 amide bonds. The van der Waals surface area contributed by atoms with E-state index >= 15 is 26.3 Å². The number of hydrogen-bond acceptors (Lipinski definition) is 20. The number of thioether (sulfide) groups is 3. The maximum absolute atomic E-state index is 15.2. The van der Waals surface area contributed by atoms with Gasteiger partial charge < -0.3 is 42.6 Å². The number of rotatable bonds is 27. The summed E-state index contributed by atoms with van der Waals surface area (Å²) in [5.74, 6) is -3.78. The lowest BCUT2D eigenvalue weighted by molar-refractivity contribution is -0.141. The number of hydrogen-bond donors (Lipinski definition) is 0. The van der Waals surface area contributed by atoms with Crippen LogP contribution in [0.25, 0.3) is 0 Å². The predicted molar refractivity (Wildman–Crippen MR) is 437 cm³/mol. The SMILES string of the molecule is COC(=O)[C@]12C[C@H]1[C@@](CF)(c1cc(Br)ccc1F)N=C(N(COCC[Si](C)(C)C)C(=O)OC(C)(C)C)S2.COC[C@]12C[C@H]1[C@@](CF)(c1cc(Br)ccc1F)N=C(N(COCC[Si](C)(C)C)C(=O)OC(C)(C)C)S2.COC[C@]12C[C@H]1[C@@](CF)(c1cc(C=O)ccc1F)N=C(N(COCC[Si](C)(C)C)C(=O)OC(C)(C)C)S2. The Kier molecular flexibility index (Phi) is 30.8. The van der Waals surface area contributed by atoms with Crippen molar-refractivity contribution in [1.29, 1.82) is 0 Å². The van der Waals surface area contributed by atoms with E-state index in [0.29, 0.717) is 54.5 Å². The maximum atomic E-state index is 15.2. The van der Waals surface area contributed by atoms with Gasteiger partial charge in [-0.1, -0.05) is 126 Å². The van der Waals surface area contributed by atoms with E-state index in [2.05, 4.69) is 95.8 Å². The van der Waals surface area contributed by atoms with Crippen LogP contribution in [-0.2, 0) is 64.0 Å². The minimum Gasteiger partial charge on any atom is -0.468 e. The van der Waals surface area contributed by atoms with Gasteiger partial charge in [-0.3, -0.25) is 9.59 Å². The molecule has 614 valence electrons. The van der Waals surface area contributed by atoms with Crippen molar-refractivity contribution in [3.05, 3.63) is 103 Å². The second-order valence-electron chi connectivity index (χ2n) is 35.2. The van der Waals surface area contributed by atoms with Gasteiger partial charge in [-0.2, -0.15) is 0 Å². The zero-order chi connectivity index (χ0) is 82.4. The standard InChI is InChI=1S/C26H38F2N2O5SSi.C25H35BrF2N2O5SSi.C25H37BrF2N2O4SSi/c1-24(2,3)35-23(32)30(17-34-10-11-37(5,6)7)22-29-26(15-27,21-13-25(21,36-22)16-33-4)19-12-18(14-31)8-9-20(19)28;1-23(2,3)35-22(32)30(15-34-10-11-37(5,6)7)21-29-24(14-27,17-12-16(26)8-9-18(17)28)19-13-25(19,36-21)20(31)33-4;1-23(2,3)34-22(31)30(16-33-10-11-36(5,6)7)21-29-25(14-27,18-12-17(26)8-9-19(18)28)20-13-24(20,35-21)15-32-4/h8-9,12,14,21H,10-11,13,15-17H2,1-7H3;8-9,12,19H,10-11,13-15H2,1-7H3;8-9,12,20H,10-11,13-16H2,1-7H3/t21-,25-,26-;19-,24+,25-;20-,24-,25-/m101/s1. The summed E-state index contributed by atoms with van der Waals surface area (Å²) in [5.41, 5.74) is -6.86. The summed E-state index contributed by atoms with van der Waals surface area (Å²) in [4.78, 5) is 82.3. The third-order valence-electron chi connectivity index (χ3n) is 18.9. The Balaban J connectivity index is 0.000000229. The number of nitrogens with zero attached hydrogens (tertiary/aromatic N) is 6. The topological polar surface area (TPSA) is 215 Å². The number of alkyl halides is 3. The van der Waals surface area contributed by atoms with Gasteiger partial charge in [0.1, 0.15) is 102 Å². The molecule has 3 heterocycles. The molecular weight excluding hydrogens is 1680 g/mol. The van der Waals surface area contributed by atoms with Crippen LogP contribution >= 0.6 is 67.1 Å². The summed E-state index contributed by atoms with van der Waals surface area (Å²) < 4.78 is 140. The zero-order valence-corrected chi connectivity index (χ0v) is 75.8. The summed E-state index contributed by atoms with van der Waals surface area (Å²) in [7, 11) is 0.238. The van der Waals surface area contributed by atoms with E-state index in [9.17, 15) is 24.0 Å². The summed E-state index contributed by atoms with van der Waals surface area (Å²) in [6, 6.07) is 15.2. The maximum Gasteiger partial charge on any atom is 0.418 e. The molecule has 34 heteroatoms. The average molecular weight is 1790 g/mol. The third-order valence-corrected chi connectivity index (χ3v) is 29.4. The fourth-order valence-electron chi connectivity index (χ4n) is 13.0. The molecule has 3 saturated carbocycles. The molecule has 9 atom stereocenters. The molecule has 0 aromatic heterocycles. The summed E-state index contributed by atoms with van der Waals surface area (Å²) >= 11 is 10.4. The molecule has 3 aliphatic heterocycles. The van der Waals surface area contributed by atoms with Crippen molar-refractivity contribution < 1.29 is 92.9 Å². The van der Waals surface area contributed by atoms with Crippen molar-refractivity contribution in [2.75, 3.05) is 94.6 Å². The van der Waals surface area contributed by atoms with E-state index in [4.69, 9.17) is 52.6 Å². The first-order valence-electron chi connectivity index (χ1n) is 36.5. The minimum atomic E-state index is -1.73. The van der Waals surface area contributed by atoms with Crippen molar-refractivity contribution in [2.45, 2.75) is 206 Å². The number of amidine groups is 3. The van der Waals surface area contributed by atoms with Crippen molar-refractivity contribution in [2.24, 2.45) is 32.7 Å². The largest absolute Gasteiger partial charge is 0.468 e. The molecule has 0 spiro atoms. The molecule has 6 aliphatic rings. The first-order chi connectivity index (χ1) is 50.9. The Hall–Kier alpha value is -4.34. The zero-order valence-electron chi connectivity index (χ0n) is 67.2. The van der Waals surface area contributed by atoms with Gasteiger partial charge in [0, 0.05) is 107 Å². The number of amides is 3. The van der Waals surface area contributed by atoms with E-state index < -0.39 is 140 Å². The summed E-state index contributed by atoms with van der Waals surface area (Å²) in [6.07, 6.45) is -0.200. The van der Waals surface area contributed by atoms with Crippen molar-refractivity contribution in [3.63, 3.8) is 0 Å². The van der Waals surface area contributed by atoms with Gasteiger partial charge >= 0.3 is 24.2 Å². The molecule has 110 heavy (non-hydrogen) atoms. The number of benzene rings is 3. The van der Waals surface area contributed by atoms with Crippen LogP contribution in [-0.4, -0.2) is 211 Å². The number of aldehydes is 1. The van der Waals surface area contributed by atoms with Gasteiger partial charge in [-0.15, -0.1) is 0 Å². The van der Waals surface area contributed by atoms with Crippen LogP contribution in [0.5, 0.6) is 0 Å². The highest BCUT2D eigenvalue weighted by Crippen LogP contribution is 2.70. The Bertz CT molecular complexity index is 3900. The second kappa shape index (κ2) is 36.4. The van der Waals surface area contributed by atoms with E-state index in [0.717, 1.165) is 36.0 Å². The first kappa shape index (κ1) is 92.8. The van der Waals surface area contributed by atoms with E-state index in [1.165, 1.54) is 81.7 Å². The minimum absolute atomic E-state index is 0.00161. The second-order valence-corrected chi connectivity index (χ2v) is 57.9. The van der Waals surface area contributed by atoms with Gasteiger partial charge in [0.05, 0.1) is 29.8 Å². The van der Waals surface area contributed by atoms with Crippen LogP contribution in [0.2, 0.25) is 77.1 Å². The van der Waals surface area contributed by atoms with Gasteiger partial charge in [0.15, 0.2) is 15.5 Å². The fourth-order valence-corrected chi connectivity index (χ4v) is 20.6. The van der Waals surface area contributed by atoms with Crippen LogP contribution in [0.3, 0.4) is 0 Å². The Morgan fingerprint density at radius 1 is 0.500 bits per heavy atom. The van der Waals surface area contributed by atoms with Crippen molar-refractivity contribution >= 4 is 137 Å².